The van der Waals surface area contributed by atoms with Crippen molar-refractivity contribution in [2.75, 3.05) is 7.11 Å². The summed E-state index contributed by atoms with van der Waals surface area (Å²) in [6, 6.07) is 1.74. The molecular weight excluding hydrogens is 462 g/mol. The molecule has 0 bridgehead atoms. The summed E-state index contributed by atoms with van der Waals surface area (Å²) >= 11 is 0. The molecule has 3 saturated carbocycles. The van der Waals surface area contributed by atoms with Gasteiger partial charge >= 0.3 is 5.97 Å². The lowest BCUT2D eigenvalue weighted by Crippen LogP contribution is -2.65. The van der Waals surface area contributed by atoms with Crippen molar-refractivity contribution in [3.63, 3.8) is 0 Å². The number of carbonyl (C=O) groups excluding carboxylic acids is 3. The third-order valence-electron chi connectivity index (χ3n) is 11.4. The number of Topliss-reactive ketones (excluding diaryl/α,β-unsaturated/α-hetero) is 1. The van der Waals surface area contributed by atoms with Gasteiger partial charge in [-0.1, -0.05) is 59.8 Å². The average Bonchev–Trinajstić information content (AvgIpc) is 2.95. The third kappa shape index (κ3) is 3.11. The Balaban J connectivity index is 1.79. The lowest BCUT2D eigenvalue weighted by molar-refractivity contribution is -0.191. The van der Waals surface area contributed by atoms with Gasteiger partial charge in [0.25, 0.3) is 0 Å². The lowest BCUT2D eigenvalue weighted by atomic mass is 9.34. The normalized spacial score (nSPS) is 51.8. The van der Waals surface area contributed by atoms with Crippen molar-refractivity contribution in [2.24, 2.45) is 50.2 Å². The van der Waals surface area contributed by atoms with Gasteiger partial charge in [0.05, 0.1) is 18.1 Å². The molecule has 5 heteroatoms. The van der Waals surface area contributed by atoms with Crippen LogP contribution in [-0.4, -0.2) is 24.6 Å². The van der Waals surface area contributed by atoms with E-state index >= 15 is 0 Å². The average molecular weight is 518 g/mol. The summed E-state index contributed by atoms with van der Waals surface area (Å²) in [5.74, 6) is -5.87. The van der Waals surface area contributed by atoms with Crippen LogP contribution in [0.5, 0.6) is 0 Å². The highest BCUT2D eigenvalue weighted by Crippen LogP contribution is 2.74. The maximum absolute atomic E-state index is 14.8. The number of fused-ring (bicyclic) bond motifs is 7. The molecule has 0 N–H and O–H groups in total. The summed E-state index contributed by atoms with van der Waals surface area (Å²) in [5.41, 5.74) is -10.3. The molecule has 0 aromatic rings. The van der Waals surface area contributed by atoms with Crippen LogP contribution >= 0.6 is 0 Å². The number of nitriles is 1. The van der Waals surface area contributed by atoms with Crippen LogP contribution in [0.4, 0.5) is 0 Å². The molecule has 5 aliphatic carbocycles. The standard InChI is InChI=1S/C32H43NO4/c1-27(2)11-13-32(26(36)37-8)14-12-31(7)24(20(32)17-27)21(34)15-23-29(5)16-19(18-33)25(35)28(3,4)22(29)9-10-30(23,31)6/h15-16,20,22,24H,9-14,17H2,1-8H3/t20-,22-,24-,29-,30+,31+,32-/m0/s1/i1D3,2D3,3D3,4D3. The molecule has 5 rings (SSSR count). The molecule has 0 aliphatic heterocycles. The van der Waals surface area contributed by atoms with Gasteiger partial charge in [0.2, 0.25) is 0 Å². The number of ether oxygens (including phenoxy) is 1. The quantitative estimate of drug-likeness (QED) is 0.377. The monoisotopic (exact) mass is 517 g/mol. The Morgan fingerprint density at radius 2 is 1.78 bits per heavy atom. The first kappa shape index (κ1) is 15.4. The van der Waals surface area contributed by atoms with E-state index in [4.69, 9.17) is 21.2 Å². The molecule has 0 aromatic heterocycles. The highest BCUT2D eigenvalue weighted by Gasteiger charge is 2.71. The fraction of sp³-hybridized carbons (Fsp3) is 0.750. The fourth-order valence-electron chi connectivity index (χ4n) is 9.27. The Kier molecular flexibility index (Phi) is 3.19. The van der Waals surface area contributed by atoms with E-state index in [1.807, 2.05) is 13.8 Å². The van der Waals surface area contributed by atoms with Gasteiger partial charge in [-0.2, -0.15) is 5.26 Å². The minimum atomic E-state index is -3.35. The number of hydrogen-bond donors (Lipinski definition) is 0. The van der Waals surface area contributed by atoms with Crippen LogP contribution in [0.1, 0.15) is 110 Å². The van der Waals surface area contributed by atoms with Gasteiger partial charge in [0, 0.05) is 33.2 Å². The molecule has 200 valence electrons. The maximum Gasteiger partial charge on any atom is 0.312 e. The van der Waals surface area contributed by atoms with Gasteiger partial charge in [-0.05, 0) is 79.1 Å². The summed E-state index contributed by atoms with van der Waals surface area (Å²) in [5, 5.41) is 10.1. The fourth-order valence-corrected chi connectivity index (χ4v) is 9.27. The van der Waals surface area contributed by atoms with E-state index in [0.29, 0.717) is 5.57 Å². The van der Waals surface area contributed by atoms with Gasteiger partial charge in [0.1, 0.15) is 6.07 Å². The zero-order valence-corrected chi connectivity index (χ0v) is 21.9. The van der Waals surface area contributed by atoms with Gasteiger partial charge in [-0.3, -0.25) is 14.4 Å². The summed E-state index contributed by atoms with van der Waals surface area (Å²) < 4.78 is 106. The van der Waals surface area contributed by atoms with Gasteiger partial charge in [0.15, 0.2) is 11.6 Å². The van der Waals surface area contributed by atoms with Crippen LogP contribution in [0, 0.1) is 61.6 Å². The summed E-state index contributed by atoms with van der Waals surface area (Å²) in [7, 11) is 1.20. The molecule has 0 radical (unpaired) electrons. The Hall–Kier alpha value is -2.22. The molecule has 0 aromatic carbocycles. The van der Waals surface area contributed by atoms with Crippen molar-refractivity contribution < 1.29 is 35.6 Å². The molecule has 0 amide bonds. The Morgan fingerprint density at radius 1 is 1.08 bits per heavy atom. The van der Waals surface area contributed by atoms with Gasteiger partial charge < -0.3 is 4.74 Å². The molecule has 5 nitrogen and oxygen atoms in total. The maximum atomic E-state index is 14.8. The summed E-state index contributed by atoms with van der Waals surface area (Å²) in [4.78, 5) is 42.3. The zero-order chi connectivity index (χ0) is 37.4. The van der Waals surface area contributed by atoms with Crippen molar-refractivity contribution in [1.29, 1.82) is 5.26 Å². The highest BCUT2D eigenvalue weighted by molar-refractivity contribution is 6.04. The smallest absolute Gasteiger partial charge is 0.312 e. The second kappa shape index (κ2) is 7.67. The van der Waals surface area contributed by atoms with Gasteiger partial charge in [-0.15, -0.1) is 0 Å². The molecule has 5 aliphatic rings. The largest absolute Gasteiger partial charge is 0.469 e. The molecule has 0 spiro atoms. The van der Waals surface area contributed by atoms with Crippen molar-refractivity contribution in [3.8, 4) is 6.07 Å². The predicted molar refractivity (Wildman–Crippen MR) is 141 cm³/mol. The predicted octanol–water partition coefficient (Wildman–Crippen LogP) is 6.38. The number of methoxy groups -OCH3 is 1. The van der Waals surface area contributed by atoms with Crippen LogP contribution < -0.4 is 0 Å². The number of allylic oxidation sites excluding steroid dienone is 4. The van der Waals surface area contributed by atoms with E-state index < -0.39 is 107 Å². The van der Waals surface area contributed by atoms with Crippen molar-refractivity contribution in [2.45, 2.75) is 93.1 Å². The van der Waals surface area contributed by atoms with Crippen LogP contribution in [0.2, 0.25) is 0 Å². The Bertz CT molecular complexity index is 1570. The minimum absolute atomic E-state index is 0.0696. The van der Waals surface area contributed by atoms with E-state index in [-0.39, 0.29) is 38.5 Å². The van der Waals surface area contributed by atoms with Crippen LogP contribution in [0.25, 0.3) is 0 Å². The second-order valence-corrected chi connectivity index (χ2v) is 12.9. The van der Waals surface area contributed by atoms with Crippen molar-refractivity contribution >= 4 is 17.5 Å². The Morgan fingerprint density at radius 3 is 2.41 bits per heavy atom. The Labute approximate surface area is 238 Å². The first-order chi connectivity index (χ1) is 22.0. The number of esters is 1. The van der Waals surface area contributed by atoms with Crippen LogP contribution in [0.15, 0.2) is 23.3 Å². The molecule has 37 heavy (non-hydrogen) atoms. The SMILES string of the molecule is [2H]C([2H])([2H])C1(C([2H])([2H])[2H])CC[C@]2(C(=O)OC)CC[C@]3(C)[C@H](C(=O)C=C4[C@@]5(C)C=C(C#N)C(=O)C(C([2H])([2H])[2H])(C([2H])([2H])[2H])[C@@H]5CC[C@]43C)[C@@H]2C1. The van der Waals surface area contributed by atoms with Crippen LogP contribution in [0.3, 0.4) is 0 Å². The van der Waals surface area contributed by atoms with E-state index in [0.717, 1.165) is 0 Å². The minimum Gasteiger partial charge on any atom is -0.469 e. The van der Waals surface area contributed by atoms with E-state index in [1.54, 1.807) is 13.0 Å². The summed E-state index contributed by atoms with van der Waals surface area (Å²) in [6.45, 7) is -7.32. The van der Waals surface area contributed by atoms with Crippen molar-refractivity contribution in [1.82, 2.24) is 0 Å². The van der Waals surface area contributed by atoms with Crippen molar-refractivity contribution in [3.05, 3.63) is 23.3 Å². The van der Waals surface area contributed by atoms with E-state index in [1.165, 1.54) is 19.3 Å². The number of hydrogen-bond acceptors (Lipinski definition) is 5. The lowest BCUT2D eigenvalue weighted by Gasteiger charge is -2.68. The molecule has 0 unspecified atom stereocenters. The topological polar surface area (TPSA) is 84.2 Å². The summed E-state index contributed by atoms with van der Waals surface area (Å²) in [6.07, 6.45) is 2.25. The van der Waals surface area contributed by atoms with Gasteiger partial charge in [-0.25, -0.2) is 0 Å². The number of carbonyl (C=O) groups is 3. The molecule has 7 atom stereocenters. The number of ketones is 2. The molecule has 3 fully saturated rings. The first-order valence-electron chi connectivity index (χ1n) is 19.1. The highest BCUT2D eigenvalue weighted by atomic mass is 16.5. The third-order valence-corrected chi connectivity index (χ3v) is 11.4. The molecule has 0 saturated heterocycles. The van der Waals surface area contributed by atoms with E-state index in [2.05, 4.69) is 0 Å². The molecule has 0 heterocycles. The molecular formula is C32H43NO4. The zero-order valence-electron chi connectivity index (χ0n) is 33.9. The number of rotatable bonds is 1. The first-order valence-corrected chi connectivity index (χ1v) is 13.1. The number of nitrogens with zero attached hydrogens (tertiary/aromatic N) is 1. The van der Waals surface area contributed by atoms with Crippen LogP contribution in [-0.2, 0) is 19.1 Å². The second-order valence-electron chi connectivity index (χ2n) is 12.9. The van der Waals surface area contributed by atoms with E-state index in [9.17, 15) is 19.6 Å².